The third-order valence-electron chi connectivity index (χ3n) is 3.41. The van der Waals surface area contributed by atoms with E-state index in [1.54, 1.807) is 0 Å². The van der Waals surface area contributed by atoms with Crippen LogP contribution in [-0.4, -0.2) is 45.2 Å². The van der Waals surface area contributed by atoms with Crippen LogP contribution in [-0.2, 0) is 6.54 Å². The Kier molecular flexibility index (Phi) is 4.61. The zero-order valence-corrected chi connectivity index (χ0v) is 11.8. The molecule has 0 spiro atoms. The van der Waals surface area contributed by atoms with Crippen molar-refractivity contribution in [3.63, 3.8) is 0 Å². The lowest BCUT2D eigenvalue weighted by atomic mass is 10.2. The number of likely N-dealkylation sites (N-methyl/N-ethyl adjacent to an activating group) is 1. The summed E-state index contributed by atoms with van der Waals surface area (Å²) in [7, 11) is 6.34. The van der Waals surface area contributed by atoms with E-state index in [0.717, 1.165) is 25.7 Å². The molecule has 0 aliphatic heterocycles. The van der Waals surface area contributed by atoms with Crippen LogP contribution in [0.2, 0.25) is 0 Å². The number of anilines is 1. The number of hydrogen-bond donors (Lipinski definition) is 1. The molecule has 0 unspecified atom stereocenters. The molecule has 0 heterocycles. The summed E-state index contributed by atoms with van der Waals surface area (Å²) >= 11 is 0. The second-order valence-corrected chi connectivity index (χ2v) is 5.53. The van der Waals surface area contributed by atoms with Crippen LogP contribution in [0.5, 0.6) is 0 Å². The molecule has 18 heavy (non-hydrogen) atoms. The van der Waals surface area contributed by atoms with Gasteiger partial charge in [0.1, 0.15) is 0 Å². The Bertz CT molecular complexity index is 355. The number of hydrogen-bond acceptors (Lipinski definition) is 3. The first-order valence-electron chi connectivity index (χ1n) is 6.83. The maximum absolute atomic E-state index is 3.55. The summed E-state index contributed by atoms with van der Waals surface area (Å²) in [5.41, 5.74) is 2.64. The van der Waals surface area contributed by atoms with Gasteiger partial charge in [0.25, 0.3) is 0 Å². The molecule has 100 valence electrons. The Labute approximate surface area is 111 Å². The zero-order valence-electron chi connectivity index (χ0n) is 11.8. The Balaban J connectivity index is 1.73. The van der Waals surface area contributed by atoms with Crippen molar-refractivity contribution in [2.75, 3.05) is 39.1 Å². The van der Waals surface area contributed by atoms with Crippen molar-refractivity contribution in [1.82, 2.24) is 10.2 Å². The third kappa shape index (κ3) is 4.31. The quantitative estimate of drug-likeness (QED) is 0.794. The van der Waals surface area contributed by atoms with Gasteiger partial charge in [-0.2, -0.15) is 0 Å². The van der Waals surface area contributed by atoms with Crippen molar-refractivity contribution in [2.24, 2.45) is 0 Å². The van der Waals surface area contributed by atoms with Gasteiger partial charge in [-0.25, -0.2) is 0 Å². The van der Waals surface area contributed by atoms with Crippen molar-refractivity contribution in [1.29, 1.82) is 0 Å². The van der Waals surface area contributed by atoms with Gasteiger partial charge in [-0.05, 0) is 37.6 Å². The lowest BCUT2D eigenvalue weighted by Gasteiger charge is -2.18. The maximum Gasteiger partial charge on any atom is 0.0361 e. The van der Waals surface area contributed by atoms with Gasteiger partial charge >= 0.3 is 0 Å². The van der Waals surface area contributed by atoms with Gasteiger partial charge in [-0.1, -0.05) is 12.1 Å². The summed E-state index contributed by atoms with van der Waals surface area (Å²) in [6, 6.07) is 9.63. The molecule has 1 aliphatic carbocycles. The Morgan fingerprint density at radius 3 is 2.33 bits per heavy atom. The second kappa shape index (κ2) is 6.21. The summed E-state index contributed by atoms with van der Waals surface area (Å²) in [5.74, 6) is 0. The monoisotopic (exact) mass is 247 g/mol. The molecule has 1 aromatic carbocycles. The molecule has 3 nitrogen and oxygen atoms in total. The first-order chi connectivity index (χ1) is 8.65. The molecule has 0 amide bonds. The van der Waals surface area contributed by atoms with Crippen LogP contribution in [0.25, 0.3) is 0 Å². The highest BCUT2D eigenvalue weighted by molar-refractivity contribution is 5.45. The maximum atomic E-state index is 3.55. The Morgan fingerprint density at radius 2 is 1.78 bits per heavy atom. The highest BCUT2D eigenvalue weighted by Crippen LogP contribution is 2.18. The van der Waals surface area contributed by atoms with Crippen molar-refractivity contribution in [3.05, 3.63) is 29.8 Å². The van der Waals surface area contributed by atoms with Crippen molar-refractivity contribution in [3.8, 4) is 0 Å². The van der Waals surface area contributed by atoms with Crippen LogP contribution in [0.1, 0.15) is 18.4 Å². The van der Waals surface area contributed by atoms with Gasteiger partial charge in [-0.15, -0.1) is 0 Å². The molecule has 0 atom stereocenters. The van der Waals surface area contributed by atoms with Gasteiger partial charge in [0, 0.05) is 45.5 Å². The van der Waals surface area contributed by atoms with Crippen molar-refractivity contribution < 1.29 is 0 Å². The molecule has 0 aromatic heterocycles. The molecule has 3 heteroatoms. The van der Waals surface area contributed by atoms with E-state index >= 15 is 0 Å². The van der Waals surface area contributed by atoms with Crippen LogP contribution in [0.3, 0.4) is 0 Å². The van der Waals surface area contributed by atoms with E-state index in [1.807, 2.05) is 0 Å². The minimum atomic E-state index is 0.817. The Morgan fingerprint density at radius 1 is 1.11 bits per heavy atom. The second-order valence-electron chi connectivity index (χ2n) is 5.53. The van der Waals surface area contributed by atoms with Crippen LogP contribution in [0.4, 0.5) is 5.69 Å². The molecular formula is C15H25N3. The normalized spacial score (nSPS) is 15.1. The lowest BCUT2D eigenvalue weighted by Crippen LogP contribution is -2.30. The van der Waals surface area contributed by atoms with E-state index < -0.39 is 0 Å². The first kappa shape index (κ1) is 13.4. The number of rotatable bonds is 7. The average Bonchev–Trinajstić information content (AvgIpc) is 3.13. The number of benzene rings is 1. The number of nitrogens with zero attached hydrogens (tertiary/aromatic N) is 2. The first-order valence-corrected chi connectivity index (χ1v) is 6.83. The van der Waals surface area contributed by atoms with E-state index in [2.05, 4.69) is 60.5 Å². The molecular weight excluding hydrogens is 222 g/mol. The Hall–Kier alpha value is -1.06. The van der Waals surface area contributed by atoms with Crippen molar-refractivity contribution in [2.45, 2.75) is 25.4 Å². The molecule has 1 aromatic rings. The lowest BCUT2D eigenvalue weighted by molar-refractivity contribution is 0.324. The van der Waals surface area contributed by atoms with Gasteiger partial charge < -0.3 is 15.1 Å². The summed E-state index contributed by atoms with van der Waals surface area (Å²) < 4.78 is 0. The van der Waals surface area contributed by atoms with Crippen molar-refractivity contribution >= 4 is 5.69 Å². The van der Waals surface area contributed by atoms with Gasteiger partial charge in [0.05, 0.1) is 0 Å². The van der Waals surface area contributed by atoms with E-state index in [9.17, 15) is 0 Å². The third-order valence-corrected chi connectivity index (χ3v) is 3.41. The molecule has 1 aliphatic rings. The standard InChI is InChI=1S/C15H25N3/c1-17(2)15-8-4-13(5-9-15)12-18(3)11-10-16-14-6-7-14/h4-5,8-9,14,16H,6-7,10-12H2,1-3H3. The van der Waals surface area contributed by atoms with Gasteiger partial charge in [-0.3, -0.25) is 0 Å². The summed E-state index contributed by atoms with van der Waals surface area (Å²) in [6.07, 6.45) is 2.74. The van der Waals surface area contributed by atoms with E-state index in [1.165, 1.54) is 24.1 Å². The molecule has 0 bridgehead atoms. The highest BCUT2D eigenvalue weighted by atomic mass is 15.1. The number of nitrogens with one attached hydrogen (secondary N) is 1. The largest absolute Gasteiger partial charge is 0.378 e. The smallest absolute Gasteiger partial charge is 0.0361 e. The summed E-state index contributed by atoms with van der Waals surface area (Å²) in [6.45, 7) is 3.25. The average molecular weight is 247 g/mol. The van der Waals surface area contributed by atoms with Crippen LogP contribution in [0.15, 0.2) is 24.3 Å². The fraction of sp³-hybridized carbons (Fsp3) is 0.600. The molecule has 1 N–H and O–H groups in total. The topological polar surface area (TPSA) is 18.5 Å². The van der Waals surface area contributed by atoms with E-state index in [-0.39, 0.29) is 0 Å². The predicted octanol–water partition coefficient (Wildman–Crippen LogP) is 1.94. The van der Waals surface area contributed by atoms with E-state index in [4.69, 9.17) is 0 Å². The molecule has 0 saturated heterocycles. The molecule has 0 radical (unpaired) electrons. The highest BCUT2D eigenvalue weighted by Gasteiger charge is 2.19. The molecule has 1 fully saturated rings. The van der Waals surface area contributed by atoms with Crippen LogP contribution >= 0.6 is 0 Å². The summed E-state index contributed by atoms with van der Waals surface area (Å²) in [4.78, 5) is 4.51. The minimum absolute atomic E-state index is 0.817. The SMILES string of the molecule is CN(CCNC1CC1)Cc1ccc(N(C)C)cc1. The fourth-order valence-corrected chi connectivity index (χ4v) is 2.04. The fourth-order valence-electron chi connectivity index (χ4n) is 2.04. The zero-order chi connectivity index (χ0) is 13.0. The van der Waals surface area contributed by atoms with Crippen LogP contribution < -0.4 is 10.2 Å². The van der Waals surface area contributed by atoms with E-state index in [0.29, 0.717) is 0 Å². The van der Waals surface area contributed by atoms with Crippen LogP contribution in [0, 0.1) is 0 Å². The predicted molar refractivity (Wildman–Crippen MR) is 78.1 cm³/mol. The van der Waals surface area contributed by atoms with Gasteiger partial charge in [0.2, 0.25) is 0 Å². The minimum Gasteiger partial charge on any atom is -0.378 e. The molecule has 1 saturated carbocycles. The summed E-state index contributed by atoms with van der Waals surface area (Å²) in [5, 5.41) is 3.55. The molecule has 2 rings (SSSR count). The van der Waals surface area contributed by atoms with Gasteiger partial charge in [0.15, 0.2) is 0 Å².